The Labute approximate surface area is 201 Å². The first-order valence-corrected chi connectivity index (χ1v) is 11.6. The van der Waals surface area contributed by atoms with Gasteiger partial charge in [-0.2, -0.15) is 0 Å². The Hall–Kier alpha value is -3.86. The quantitative estimate of drug-likeness (QED) is 0.463. The van der Waals surface area contributed by atoms with E-state index >= 15 is 0 Å². The summed E-state index contributed by atoms with van der Waals surface area (Å²) in [7, 11) is 3.88. The molecule has 34 heavy (non-hydrogen) atoms. The topological polar surface area (TPSA) is 43.9 Å². The first kappa shape index (κ1) is 23.3. The Morgan fingerprint density at radius 2 is 1.56 bits per heavy atom. The number of likely N-dealkylation sites (N-methyl/N-ethyl adjacent to an activating group) is 1. The monoisotopic (exact) mass is 453 g/mol. The van der Waals surface area contributed by atoms with Gasteiger partial charge in [-0.15, -0.1) is 0 Å². The molecule has 3 aromatic rings. The van der Waals surface area contributed by atoms with Crippen LogP contribution >= 0.6 is 0 Å². The number of imide groups is 1. The molecule has 0 fully saturated rings. The number of hydrogen-bond donors (Lipinski definition) is 0. The number of carbonyl (C=O) groups excluding carboxylic acids is 2. The van der Waals surface area contributed by atoms with Crippen LogP contribution in [0.5, 0.6) is 0 Å². The van der Waals surface area contributed by atoms with Crippen LogP contribution < -0.4 is 9.80 Å². The second kappa shape index (κ2) is 9.56. The number of carbonyl (C=O) groups is 2. The number of benzene rings is 3. The lowest BCUT2D eigenvalue weighted by atomic mass is 9.97. The Morgan fingerprint density at radius 1 is 0.824 bits per heavy atom. The SMILES string of the molecule is CCN(Cc1ccccc1)C1=C(c2ccc(C)cc2C)C(=O)N(c2cccc(N(C)C)c2)C1=O. The molecule has 0 saturated carbocycles. The van der Waals surface area contributed by atoms with E-state index in [1.54, 1.807) is 0 Å². The molecular formula is C29H31N3O2. The maximum Gasteiger partial charge on any atom is 0.282 e. The summed E-state index contributed by atoms with van der Waals surface area (Å²) in [5.74, 6) is -0.567. The minimum atomic E-state index is -0.284. The van der Waals surface area contributed by atoms with Crippen molar-refractivity contribution in [3.8, 4) is 0 Å². The van der Waals surface area contributed by atoms with Crippen LogP contribution in [0.2, 0.25) is 0 Å². The molecule has 1 heterocycles. The van der Waals surface area contributed by atoms with Crippen molar-refractivity contribution < 1.29 is 9.59 Å². The zero-order valence-electron chi connectivity index (χ0n) is 20.5. The summed E-state index contributed by atoms with van der Waals surface area (Å²) >= 11 is 0. The van der Waals surface area contributed by atoms with Crippen molar-refractivity contribution in [1.29, 1.82) is 0 Å². The number of anilines is 2. The smallest absolute Gasteiger partial charge is 0.282 e. The molecule has 0 atom stereocenters. The summed E-state index contributed by atoms with van der Waals surface area (Å²) in [6, 6.07) is 23.6. The van der Waals surface area contributed by atoms with Crippen LogP contribution in [0.25, 0.3) is 5.57 Å². The fraction of sp³-hybridized carbons (Fsp3) is 0.241. The molecular weight excluding hydrogens is 422 g/mol. The van der Waals surface area contributed by atoms with E-state index in [1.807, 2.05) is 111 Å². The molecule has 3 aromatic carbocycles. The van der Waals surface area contributed by atoms with E-state index in [0.29, 0.717) is 30.0 Å². The molecule has 5 heteroatoms. The summed E-state index contributed by atoms with van der Waals surface area (Å²) in [4.78, 5) is 33.2. The maximum atomic E-state index is 13.9. The van der Waals surface area contributed by atoms with E-state index in [9.17, 15) is 9.59 Å². The molecule has 5 nitrogen and oxygen atoms in total. The second-order valence-corrected chi connectivity index (χ2v) is 8.90. The molecule has 0 spiro atoms. The summed E-state index contributed by atoms with van der Waals surface area (Å²) < 4.78 is 0. The predicted molar refractivity (Wildman–Crippen MR) is 139 cm³/mol. The van der Waals surface area contributed by atoms with Gasteiger partial charge in [-0.3, -0.25) is 9.59 Å². The summed E-state index contributed by atoms with van der Waals surface area (Å²) in [6.45, 7) is 7.19. The average molecular weight is 454 g/mol. The number of hydrogen-bond acceptors (Lipinski definition) is 4. The summed E-state index contributed by atoms with van der Waals surface area (Å²) in [5.41, 5.74) is 6.42. The lowest BCUT2D eigenvalue weighted by molar-refractivity contribution is -0.120. The molecule has 0 radical (unpaired) electrons. The minimum Gasteiger partial charge on any atom is -0.378 e. The van der Waals surface area contributed by atoms with Crippen LogP contribution in [0.4, 0.5) is 11.4 Å². The molecule has 0 N–H and O–H groups in total. The van der Waals surface area contributed by atoms with Crippen LogP contribution in [0.1, 0.15) is 29.2 Å². The molecule has 1 aliphatic heterocycles. The van der Waals surface area contributed by atoms with Gasteiger partial charge in [0.25, 0.3) is 11.8 Å². The standard InChI is InChI=1S/C29H31N3O2/c1-6-31(19-22-11-8-7-9-12-22)27-26(25-16-15-20(2)17-21(25)3)28(33)32(29(27)34)24-14-10-13-23(18-24)30(4)5/h7-18H,6,19H2,1-5H3. The summed E-state index contributed by atoms with van der Waals surface area (Å²) in [6.07, 6.45) is 0. The number of amides is 2. The fourth-order valence-electron chi connectivity index (χ4n) is 4.45. The van der Waals surface area contributed by atoms with Gasteiger partial charge in [0, 0.05) is 32.9 Å². The van der Waals surface area contributed by atoms with Gasteiger partial charge >= 0.3 is 0 Å². The number of rotatable bonds is 7. The molecule has 4 rings (SSSR count). The van der Waals surface area contributed by atoms with E-state index < -0.39 is 0 Å². The molecule has 2 amide bonds. The largest absolute Gasteiger partial charge is 0.378 e. The molecule has 0 aromatic heterocycles. The van der Waals surface area contributed by atoms with Gasteiger partial charge in [0.1, 0.15) is 5.70 Å². The Balaban J connectivity index is 1.86. The molecule has 0 bridgehead atoms. The highest BCUT2D eigenvalue weighted by atomic mass is 16.2. The van der Waals surface area contributed by atoms with E-state index in [0.717, 1.165) is 27.9 Å². The highest BCUT2D eigenvalue weighted by molar-refractivity contribution is 6.45. The van der Waals surface area contributed by atoms with Crippen LogP contribution in [-0.2, 0) is 16.1 Å². The van der Waals surface area contributed by atoms with Crippen molar-refractivity contribution in [3.63, 3.8) is 0 Å². The molecule has 0 unspecified atom stereocenters. The van der Waals surface area contributed by atoms with Crippen molar-refractivity contribution in [3.05, 3.63) is 101 Å². The highest BCUT2D eigenvalue weighted by Gasteiger charge is 2.42. The lowest BCUT2D eigenvalue weighted by Gasteiger charge is -2.25. The molecule has 174 valence electrons. The second-order valence-electron chi connectivity index (χ2n) is 8.90. The van der Waals surface area contributed by atoms with Crippen molar-refractivity contribution in [2.24, 2.45) is 0 Å². The van der Waals surface area contributed by atoms with Crippen LogP contribution in [0.3, 0.4) is 0 Å². The summed E-state index contributed by atoms with van der Waals surface area (Å²) in [5, 5.41) is 0. The van der Waals surface area contributed by atoms with Gasteiger partial charge in [0.05, 0.1) is 11.3 Å². The van der Waals surface area contributed by atoms with E-state index in [-0.39, 0.29) is 11.8 Å². The highest BCUT2D eigenvalue weighted by Crippen LogP contribution is 2.37. The Bertz CT molecular complexity index is 1260. The first-order valence-electron chi connectivity index (χ1n) is 11.6. The van der Waals surface area contributed by atoms with Crippen LogP contribution in [0, 0.1) is 13.8 Å². The van der Waals surface area contributed by atoms with Crippen molar-refractivity contribution in [2.45, 2.75) is 27.3 Å². The first-order chi connectivity index (χ1) is 16.3. The fourth-order valence-corrected chi connectivity index (χ4v) is 4.45. The van der Waals surface area contributed by atoms with Crippen molar-refractivity contribution in [1.82, 2.24) is 4.90 Å². The third-order valence-corrected chi connectivity index (χ3v) is 6.23. The lowest BCUT2D eigenvalue weighted by Crippen LogP contribution is -2.35. The van der Waals surface area contributed by atoms with E-state index in [2.05, 4.69) is 6.07 Å². The van der Waals surface area contributed by atoms with Crippen LogP contribution in [-0.4, -0.2) is 37.4 Å². The van der Waals surface area contributed by atoms with E-state index in [4.69, 9.17) is 0 Å². The number of aryl methyl sites for hydroxylation is 2. The number of nitrogens with zero attached hydrogens (tertiary/aromatic N) is 3. The van der Waals surface area contributed by atoms with Gasteiger partial charge in [0.2, 0.25) is 0 Å². The van der Waals surface area contributed by atoms with Crippen molar-refractivity contribution in [2.75, 3.05) is 30.4 Å². The third-order valence-electron chi connectivity index (χ3n) is 6.23. The van der Waals surface area contributed by atoms with Gasteiger partial charge in [-0.05, 0) is 55.7 Å². The maximum absolute atomic E-state index is 13.9. The Morgan fingerprint density at radius 3 is 2.21 bits per heavy atom. The predicted octanol–water partition coefficient (Wildman–Crippen LogP) is 5.18. The zero-order chi connectivity index (χ0) is 24.4. The minimum absolute atomic E-state index is 0.283. The Kier molecular flexibility index (Phi) is 6.55. The van der Waals surface area contributed by atoms with E-state index in [1.165, 1.54) is 4.90 Å². The van der Waals surface area contributed by atoms with Crippen molar-refractivity contribution >= 4 is 28.8 Å². The average Bonchev–Trinajstić information content (AvgIpc) is 3.08. The third kappa shape index (κ3) is 4.34. The van der Waals surface area contributed by atoms with Gasteiger partial charge in [-0.1, -0.05) is 60.2 Å². The van der Waals surface area contributed by atoms with Crippen LogP contribution in [0.15, 0.2) is 78.5 Å². The molecule has 0 saturated heterocycles. The van der Waals surface area contributed by atoms with Gasteiger partial charge in [-0.25, -0.2) is 4.90 Å². The zero-order valence-corrected chi connectivity index (χ0v) is 20.5. The normalized spacial score (nSPS) is 13.6. The van der Waals surface area contributed by atoms with Gasteiger partial charge < -0.3 is 9.80 Å². The molecule has 0 aliphatic carbocycles. The molecule has 1 aliphatic rings. The van der Waals surface area contributed by atoms with Gasteiger partial charge in [0.15, 0.2) is 0 Å².